The first-order valence-electron chi connectivity index (χ1n) is 2.55. The summed E-state index contributed by atoms with van der Waals surface area (Å²) in [6.07, 6.45) is 0. The zero-order chi connectivity index (χ0) is 7.30. The van der Waals surface area contributed by atoms with Crippen LogP contribution in [0.2, 0.25) is 15.1 Å². The van der Waals surface area contributed by atoms with Gasteiger partial charge in [0.15, 0.2) is 11.5 Å². The first-order valence-corrected chi connectivity index (χ1v) is 3.69. The first kappa shape index (κ1) is 6.59. The van der Waals surface area contributed by atoms with Gasteiger partial charge in [-0.3, -0.25) is 0 Å². The van der Waals surface area contributed by atoms with Crippen molar-refractivity contribution in [1.82, 2.24) is 0 Å². The number of halogens is 3. The Bertz CT molecular complexity index is 269. The molecule has 10 heavy (non-hydrogen) atoms. The van der Waals surface area contributed by atoms with Gasteiger partial charge in [0.25, 0.3) is 0 Å². The van der Waals surface area contributed by atoms with Gasteiger partial charge in [0.05, 0.1) is 10.0 Å². The summed E-state index contributed by atoms with van der Waals surface area (Å²) >= 11 is 17.0. The molecule has 2 heterocycles. The zero-order valence-electron chi connectivity index (χ0n) is 4.62. The van der Waals surface area contributed by atoms with Crippen molar-refractivity contribution in [3.8, 4) is 11.5 Å². The topological polar surface area (TPSA) is 9.23 Å². The van der Waals surface area contributed by atoms with E-state index in [1.807, 2.05) is 0 Å². The molecule has 0 saturated heterocycles. The maximum atomic E-state index is 5.69. The Morgan fingerprint density at radius 3 is 1.80 bits per heavy atom. The van der Waals surface area contributed by atoms with Gasteiger partial charge in [-0.1, -0.05) is 34.8 Å². The van der Waals surface area contributed by atoms with Crippen molar-refractivity contribution < 1.29 is 4.74 Å². The molecule has 0 spiro atoms. The minimum atomic E-state index is 0.463. The van der Waals surface area contributed by atoms with Gasteiger partial charge in [0.1, 0.15) is 5.02 Å². The number of hydrogen-bond donors (Lipinski definition) is 0. The van der Waals surface area contributed by atoms with Crippen LogP contribution in [0.1, 0.15) is 0 Å². The maximum absolute atomic E-state index is 5.69. The van der Waals surface area contributed by atoms with Crippen molar-refractivity contribution >= 4 is 34.8 Å². The molecule has 0 amide bonds. The smallest absolute Gasteiger partial charge is 0.168 e. The van der Waals surface area contributed by atoms with E-state index in [-0.39, 0.29) is 0 Å². The molecular formula is C6HCl3O. The molecule has 52 valence electrons. The SMILES string of the molecule is Clc1cc(Cl)c2c(Cl)c1O2. The van der Waals surface area contributed by atoms with E-state index < -0.39 is 0 Å². The van der Waals surface area contributed by atoms with Gasteiger partial charge in [-0.2, -0.15) is 0 Å². The molecule has 0 fully saturated rings. The van der Waals surface area contributed by atoms with E-state index >= 15 is 0 Å². The highest BCUT2D eigenvalue weighted by molar-refractivity contribution is 6.43. The Balaban J connectivity index is 2.76. The molecule has 0 saturated carbocycles. The van der Waals surface area contributed by atoms with Crippen LogP contribution in [0.15, 0.2) is 6.07 Å². The predicted octanol–water partition coefficient (Wildman–Crippen LogP) is 3.75. The summed E-state index contributed by atoms with van der Waals surface area (Å²) < 4.78 is 5.01. The van der Waals surface area contributed by atoms with Gasteiger partial charge < -0.3 is 4.74 Å². The first-order chi connectivity index (χ1) is 4.70. The van der Waals surface area contributed by atoms with Gasteiger partial charge in [-0.15, -0.1) is 0 Å². The highest BCUT2D eigenvalue weighted by Crippen LogP contribution is 2.54. The molecule has 0 radical (unpaired) electrons. The molecule has 1 aromatic rings. The van der Waals surface area contributed by atoms with Crippen LogP contribution in [0.4, 0.5) is 0 Å². The number of hydrogen-bond acceptors (Lipinski definition) is 1. The summed E-state index contributed by atoms with van der Waals surface area (Å²) in [5, 5.41) is 1.45. The maximum Gasteiger partial charge on any atom is 0.168 e. The Kier molecular flexibility index (Phi) is 1.28. The van der Waals surface area contributed by atoms with Gasteiger partial charge in [0.2, 0.25) is 0 Å². The molecule has 0 aromatic heterocycles. The third kappa shape index (κ3) is 0.656. The van der Waals surface area contributed by atoms with E-state index in [4.69, 9.17) is 39.5 Å². The van der Waals surface area contributed by atoms with Crippen LogP contribution >= 0.6 is 34.8 Å². The van der Waals surface area contributed by atoms with E-state index in [1.54, 1.807) is 6.07 Å². The van der Waals surface area contributed by atoms with Crippen molar-refractivity contribution in [2.45, 2.75) is 0 Å². The monoisotopic (exact) mass is 194 g/mol. The second kappa shape index (κ2) is 1.94. The average molecular weight is 195 g/mol. The Hall–Kier alpha value is -0.110. The van der Waals surface area contributed by atoms with Gasteiger partial charge in [-0.25, -0.2) is 0 Å². The van der Waals surface area contributed by atoms with Crippen molar-refractivity contribution in [3.63, 3.8) is 0 Å². The Labute approximate surface area is 72.4 Å². The van der Waals surface area contributed by atoms with Crippen LogP contribution in [-0.4, -0.2) is 0 Å². The van der Waals surface area contributed by atoms with Crippen molar-refractivity contribution in [3.05, 3.63) is 21.1 Å². The van der Waals surface area contributed by atoms with Crippen LogP contribution in [0.25, 0.3) is 0 Å². The van der Waals surface area contributed by atoms with Crippen molar-refractivity contribution in [1.29, 1.82) is 0 Å². The fourth-order valence-corrected chi connectivity index (χ4v) is 1.72. The molecule has 1 aromatic carbocycles. The molecular weight excluding hydrogens is 194 g/mol. The summed E-state index contributed by atoms with van der Waals surface area (Å²) in [6.45, 7) is 0. The molecule has 0 N–H and O–H groups in total. The van der Waals surface area contributed by atoms with Crippen molar-refractivity contribution in [2.24, 2.45) is 0 Å². The van der Waals surface area contributed by atoms with Crippen LogP contribution in [0.5, 0.6) is 11.5 Å². The number of benzene rings is 1. The summed E-state index contributed by atoms with van der Waals surface area (Å²) in [4.78, 5) is 0. The normalized spacial score (nSPS) is 12.3. The minimum Gasteiger partial charge on any atom is -0.451 e. The average Bonchev–Trinajstić information content (AvgIpc) is 1.83. The Morgan fingerprint density at radius 1 is 1.00 bits per heavy atom. The van der Waals surface area contributed by atoms with E-state index in [9.17, 15) is 0 Å². The standard InChI is InChI=1S/C6HCl3O/c7-2-1-3(8)6-4(9)5(2)10-6/h1H. The third-order valence-electron chi connectivity index (χ3n) is 1.29. The van der Waals surface area contributed by atoms with Gasteiger partial charge >= 0.3 is 0 Å². The fourth-order valence-electron chi connectivity index (χ4n) is 0.798. The lowest BCUT2D eigenvalue weighted by Crippen LogP contribution is -1.99. The summed E-state index contributed by atoms with van der Waals surface area (Å²) in [6, 6.07) is 1.61. The van der Waals surface area contributed by atoms with Crippen molar-refractivity contribution in [2.75, 3.05) is 0 Å². The van der Waals surface area contributed by atoms with E-state index in [0.29, 0.717) is 26.6 Å². The quantitative estimate of drug-likeness (QED) is 0.622. The summed E-state index contributed by atoms with van der Waals surface area (Å²) in [5.74, 6) is 1.06. The highest BCUT2D eigenvalue weighted by Gasteiger charge is 2.27. The van der Waals surface area contributed by atoms with E-state index in [1.165, 1.54) is 0 Å². The van der Waals surface area contributed by atoms with Crippen LogP contribution < -0.4 is 4.74 Å². The second-order valence-corrected chi connectivity index (χ2v) is 3.11. The predicted molar refractivity (Wildman–Crippen MR) is 41.5 cm³/mol. The third-order valence-corrected chi connectivity index (χ3v) is 2.19. The summed E-state index contributed by atoms with van der Waals surface area (Å²) in [7, 11) is 0. The Morgan fingerprint density at radius 2 is 1.50 bits per heavy atom. The highest BCUT2D eigenvalue weighted by atomic mass is 35.5. The molecule has 4 heteroatoms. The van der Waals surface area contributed by atoms with Gasteiger partial charge in [-0.05, 0) is 6.07 Å². The molecule has 2 aliphatic heterocycles. The molecule has 2 bridgehead atoms. The van der Waals surface area contributed by atoms with Crippen LogP contribution in [0, 0.1) is 0 Å². The molecule has 0 unspecified atom stereocenters. The fraction of sp³-hybridized carbons (Fsp3) is 0. The molecule has 3 rings (SSSR count). The summed E-state index contributed by atoms with van der Waals surface area (Å²) in [5.41, 5.74) is 0. The molecule has 0 aliphatic carbocycles. The number of ether oxygens (including phenoxy) is 1. The molecule has 2 aliphatic rings. The van der Waals surface area contributed by atoms with E-state index in [0.717, 1.165) is 0 Å². The zero-order valence-corrected chi connectivity index (χ0v) is 6.89. The van der Waals surface area contributed by atoms with Crippen LogP contribution in [0.3, 0.4) is 0 Å². The van der Waals surface area contributed by atoms with Gasteiger partial charge in [0, 0.05) is 0 Å². The largest absolute Gasteiger partial charge is 0.451 e. The van der Waals surface area contributed by atoms with Crippen LogP contribution in [-0.2, 0) is 0 Å². The lowest BCUT2D eigenvalue weighted by atomic mass is 10.2. The molecule has 1 nitrogen and oxygen atoms in total. The number of rotatable bonds is 0. The second-order valence-electron chi connectivity index (χ2n) is 1.91. The lowest BCUT2D eigenvalue weighted by Gasteiger charge is -2.22. The minimum absolute atomic E-state index is 0.463. The molecule has 0 atom stereocenters. The number of fused-ring (bicyclic) bond motifs is 2. The lowest BCUT2D eigenvalue weighted by molar-refractivity contribution is 0.440. The van der Waals surface area contributed by atoms with E-state index in [2.05, 4.69) is 0 Å².